The van der Waals surface area contributed by atoms with E-state index in [-0.39, 0.29) is 17.8 Å². The molecule has 0 aliphatic carbocycles. The second kappa shape index (κ2) is 9.72. The van der Waals surface area contributed by atoms with Crippen LogP contribution in [0.3, 0.4) is 0 Å². The molecule has 1 aromatic carbocycles. The van der Waals surface area contributed by atoms with E-state index in [9.17, 15) is 19.5 Å². The van der Waals surface area contributed by atoms with Crippen LogP contribution in [-0.4, -0.2) is 40.6 Å². The molecule has 0 spiro atoms. The van der Waals surface area contributed by atoms with Crippen LogP contribution in [0.1, 0.15) is 28.2 Å². The van der Waals surface area contributed by atoms with E-state index in [2.05, 4.69) is 15.6 Å². The molecule has 2 rings (SSSR count). The van der Waals surface area contributed by atoms with E-state index in [0.29, 0.717) is 32.7 Å². The van der Waals surface area contributed by atoms with Crippen molar-refractivity contribution in [1.82, 2.24) is 15.6 Å². The fraction of sp³-hybridized carbons (Fsp3) is 0.294. The van der Waals surface area contributed by atoms with Crippen LogP contribution in [0.2, 0.25) is 10.0 Å². The monoisotopic (exact) mass is 444 g/mol. The van der Waals surface area contributed by atoms with Crippen LogP contribution in [0, 0.1) is 6.92 Å². The van der Waals surface area contributed by atoms with E-state index >= 15 is 0 Å². The number of carbonyl (C=O) groups is 3. The van der Waals surface area contributed by atoms with E-state index in [1.807, 2.05) is 0 Å². The quantitative estimate of drug-likeness (QED) is 0.464. The van der Waals surface area contributed by atoms with Crippen LogP contribution in [0.5, 0.6) is 0 Å². The second-order valence-corrected chi connectivity index (χ2v) is 7.64. The number of rotatable bonds is 8. The van der Waals surface area contributed by atoms with Crippen LogP contribution in [0.15, 0.2) is 18.2 Å². The standard InChI is InChI=1S/C17H18Cl2N4O4S/c1-8-13(28-15(22-8)12-9(18)4-2-5-10(12)19)14(24)23-11(16(25)26)6-3-7-21-17(20)27/h2,4-5,11H,3,6-7H2,1H3,(H,23,24)(H,25,26)(H3,20,21,27)/t11-/m1/s1. The van der Waals surface area contributed by atoms with Crippen molar-refractivity contribution in [1.29, 1.82) is 0 Å². The molecule has 0 saturated heterocycles. The summed E-state index contributed by atoms with van der Waals surface area (Å²) in [6.45, 7) is 1.86. The van der Waals surface area contributed by atoms with Gasteiger partial charge in [0.15, 0.2) is 0 Å². The van der Waals surface area contributed by atoms with E-state index in [1.165, 1.54) is 0 Å². The van der Waals surface area contributed by atoms with Gasteiger partial charge in [0.1, 0.15) is 15.9 Å². The summed E-state index contributed by atoms with van der Waals surface area (Å²) < 4.78 is 0. The molecule has 28 heavy (non-hydrogen) atoms. The lowest BCUT2D eigenvalue weighted by Gasteiger charge is -2.14. The minimum Gasteiger partial charge on any atom is -0.480 e. The number of halogens is 2. The summed E-state index contributed by atoms with van der Waals surface area (Å²) in [5.74, 6) is -1.73. The Balaban J connectivity index is 2.14. The highest BCUT2D eigenvalue weighted by Gasteiger charge is 2.24. The first kappa shape index (κ1) is 21.9. The molecule has 3 amide bonds. The van der Waals surface area contributed by atoms with Gasteiger partial charge in [-0.3, -0.25) is 4.79 Å². The second-order valence-electron chi connectivity index (χ2n) is 5.83. The zero-order chi connectivity index (χ0) is 20.8. The van der Waals surface area contributed by atoms with Crippen molar-refractivity contribution >= 4 is 52.4 Å². The molecule has 0 radical (unpaired) electrons. The highest BCUT2D eigenvalue weighted by Crippen LogP contribution is 2.37. The van der Waals surface area contributed by atoms with Gasteiger partial charge in [-0.05, 0) is 31.9 Å². The number of nitrogens with zero attached hydrogens (tertiary/aromatic N) is 1. The third-order valence-corrected chi connectivity index (χ3v) is 5.56. The smallest absolute Gasteiger partial charge is 0.326 e. The minimum atomic E-state index is -1.18. The van der Waals surface area contributed by atoms with Crippen LogP contribution in [0.25, 0.3) is 10.6 Å². The van der Waals surface area contributed by atoms with Gasteiger partial charge in [0.05, 0.1) is 15.7 Å². The van der Waals surface area contributed by atoms with Gasteiger partial charge in [0, 0.05) is 12.1 Å². The number of hydrogen-bond donors (Lipinski definition) is 4. The topological polar surface area (TPSA) is 134 Å². The first-order valence-corrected chi connectivity index (χ1v) is 9.76. The molecule has 11 heteroatoms. The highest BCUT2D eigenvalue weighted by atomic mass is 35.5. The Morgan fingerprint density at radius 2 is 1.93 bits per heavy atom. The summed E-state index contributed by atoms with van der Waals surface area (Å²) >= 11 is 13.5. The Hall–Kier alpha value is -2.36. The van der Waals surface area contributed by atoms with Gasteiger partial charge in [0.2, 0.25) is 0 Å². The Kier molecular flexibility index (Phi) is 7.61. The van der Waals surface area contributed by atoms with Gasteiger partial charge in [-0.15, -0.1) is 11.3 Å². The van der Waals surface area contributed by atoms with Crippen molar-refractivity contribution in [2.75, 3.05) is 6.54 Å². The molecule has 8 nitrogen and oxygen atoms in total. The lowest BCUT2D eigenvalue weighted by atomic mass is 10.1. The molecule has 2 aromatic rings. The largest absolute Gasteiger partial charge is 0.480 e. The molecule has 1 heterocycles. The third-order valence-electron chi connectivity index (χ3n) is 3.75. The van der Waals surface area contributed by atoms with E-state index in [0.717, 1.165) is 11.3 Å². The van der Waals surface area contributed by atoms with Crippen molar-refractivity contribution in [3.63, 3.8) is 0 Å². The number of aryl methyl sites for hydroxylation is 1. The molecule has 1 atom stereocenters. The number of aliphatic carboxylic acids is 1. The number of hydrogen-bond acceptors (Lipinski definition) is 5. The number of nitrogens with one attached hydrogen (secondary N) is 2. The summed E-state index contributed by atoms with van der Waals surface area (Å²) in [5, 5.41) is 15.4. The fourth-order valence-electron chi connectivity index (χ4n) is 2.42. The Morgan fingerprint density at radius 3 is 2.50 bits per heavy atom. The molecule has 0 aliphatic rings. The maximum absolute atomic E-state index is 12.6. The van der Waals surface area contributed by atoms with E-state index < -0.39 is 23.9 Å². The van der Waals surface area contributed by atoms with Gasteiger partial charge < -0.3 is 21.5 Å². The van der Waals surface area contributed by atoms with Crippen LogP contribution < -0.4 is 16.4 Å². The van der Waals surface area contributed by atoms with Gasteiger partial charge in [0.25, 0.3) is 5.91 Å². The molecule has 0 fully saturated rings. The third kappa shape index (κ3) is 5.57. The van der Waals surface area contributed by atoms with Crippen molar-refractivity contribution in [3.8, 4) is 10.6 Å². The van der Waals surface area contributed by atoms with Crippen LogP contribution in [-0.2, 0) is 4.79 Å². The number of benzene rings is 1. The van der Waals surface area contributed by atoms with E-state index in [1.54, 1.807) is 25.1 Å². The molecule has 1 aromatic heterocycles. The number of amides is 3. The molecule has 0 saturated carbocycles. The molecular weight excluding hydrogens is 427 g/mol. The summed E-state index contributed by atoms with van der Waals surface area (Å²) in [6.07, 6.45) is 0.463. The zero-order valence-corrected chi connectivity index (χ0v) is 17.1. The van der Waals surface area contributed by atoms with E-state index in [4.69, 9.17) is 28.9 Å². The first-order chi connectivity index (χ1) is 13.2. The molecule has 0 bridgehead atoms. The van der Waals surface area contributed by atoms with Crippen molar-refractivity contribution < 1.29 is 19.5 Å². The Bertz CT molecular complexity index is 883. The summed E-state index contributed by atoms with van der Waals surface area (Å²) in [5.41, 5.74) is 5.91. The molecule has 0 unspecified atom stereocenters. The highest BCUT2D eigenvalue weighted by molar-refractivity contribution is 7.17. The lowest BCUT2D eigenvalue weighted by Crippen LogP contribution is -2.41. The van der Waals surface area contributed by atoms with Crippen molar-refractivity contribution in [3.05, 3.63) is 38.8 Å². The number of nitrogens with two attached hydrogens (primary N) is 1. The predicted molar refractivity (Wildman–Crippen MR) is 108 cm³/mol. The SMILES string of the molecule is Cc1nc(-c2c(Cl)cccc2Cl)sc1C(=O)N[C@H](CCCNC(N)=O)C(=O)O. The average molecular weight is 445 g/mol. The average Bonchev–Trinajstić information content (AvgIpc) is 2.98. The zero-order valence-electron chi connectivity index (χ0n) is 14.8. The number of aromatic nitrogens is 1. The predicted octanol–water partition coefficient (Wildman–Crippen LogP) is 3.06. The van der Waals surface area contributed by atoms with Crippen LogP contribution >= 0.6 is 34.5 Å². The summed E-state index contributed by atoms with van der Waals surface area (Å²) in [4.78, 5) is 39.3. The van der Waals surface area contributed by atoms with Gasteiger partial charge in [-0.25, -0.2) is 14.6 Å². The maximum Gasteiger partial charge on any atom is 0.326 e. The van der Waals surface area contributed by atoms with Crippen molar-refractivity contribution in [2.24, 2.45) is 5.73 Å². The number of carboxylic acids is 1. The lowest BCUT2D eigenvalue weighted by molar-refractivity contribution is -0.139. The molecule has 5 N–H and O–H groups in total. The Labute approximate surface area is 175 Å². The molecule has 0 aliphatic heterocycles. The normalized spacial score (nSPS) is 11.7. The number of urea groups is 1. The molecule has 150 valence electrons. The maximum atomic E-state index is 12.6. The summed E-state index contributed by atoms with van der Waals surface area (Å²) in [7, 11) is 0. The molecular formula is C17H18Cl2N4O4S. The van der Waals surface area contributed by atoms with Gasteiger partial charge in [-0.1, -0.05) is 29.3 Å². The van der Waals surface area contributed by atoms with Crippen molar-refractivity contribution in [2.45, 2.75) is 25.8 Å². The first-order valence-electron chi connectivity index (χ1n) is 8.19. The fourth-order valence-corrected chi connectivity index (χ4v) is 4.15. The van der Waals surface area contributed by atoms with Gasteiger partial charge in [-0.2, -0.15) is 0 Å². The number of carbonyl (C=O) groups excluding carboxylic acids is 2. The van der Waals surface area contributed by atoms with Crippen LogP contribution in [0.4, 0.5) is 4.79 Å². The number of thiazole rings is 1. The minimum absolute atomic E-state index is 0.127. The van der Waals surface area contributed by atoms with Gasteiger partial charge >= 0.3 is 12.0 Å². The summed E-state index contributed by atoms with van der Waals surface area (Å²) in [6, 6.07) is 3.23. The Morgan fingerprint density at radius 1 is 1.29 bits per heavy atom. The number of primary amides is 1. The number of carboxylic acid groups (broad SMARTS) is 1.